The fourth-order valence-corrected chi connectivity index (χ4v) is 3.69. The highest BCUT2D eigenvalue weighted by molar-refractivity contribution is 5.95. The molecule has 1 aliphatic rings. The second kappa shape index (κ2) is 9.45. The van der Waals surface area contributed by atoms with Gasteiger partial charge in [0, 0.05) is 38.7 Å². The van der Waals surface area contributed by atoms with Crippen molar-refractivity contribution in [2.24, 2.45) is 0 Å². The largest absolute Gasteiger partial charge is 0.493 e. The number of nitrogens with zero attached hydrogens (tertiary/aromatic N) is 2. The van der Waals surface area contributed by atoms with Gasteiger partial charge in [-0.05, 0) is 42.2 Å². The summed E-state index contributed by atoms with van der Waals surface area (Å²) in [6, 6.07) is 13.7. The second-order valence-electron chi connectivity index (χ2n) is 7.12. The van der Waals surface area contributed by atoms with E-state index in [9.17, 15) is 9.59 Å². The lowest BCUT2D eigenvalue weighted by atomic mass is 10.1. The van der Waals surface area contributed by atoms with Gasteiger partial charge in [0.2, 0.25) is 11.8 Å². The first-order valence-electron chi connectivity index (χ1n) is 9.88. The Bertz CT molecular complexity index is 881. The van der Waals surface area contributed by atoms with Crippen LogP contribution in [0.2, 0.25) is 0 Å². The van der Waals surface area contributed by atoms with Gasteiger partial charge in [0.25, 0.3) is 0 Å². The Morgan fingerprint density at radius 1 is 1.03 bits per heavy atom. The van der Waals surface area contributed by atoms with Crippen molar-refractivity contribution >= 4 is 17.5 Å². The normalized spacial score (nSPS) is 12.4. The first kappa shape index (κ1) is 20.7. The van der Waals surface area contributed by atoms with Crippen LogP contribution in [0.15, 0.2) is 42.5 Å². The Morgan fingerprint density at radius 2 is 1.79 bits per heavy atom. The molecule has 1 heterocycles. The Kier molecular flexibility index (Phi) is 6.75. The minimum Gasteiger partial charge on any atom is -0.493 e. The molecule has 0 atom stereocenters. The van der Waals surface area contributed by atoms with Crippen LogP contribution in [0, 0.1) is 0 Å². The zero-order valence-corrected chi connectivity index (χ0v) is 17.3. The first-order valence-corrected chi connectivity index (χ1v) is 9.88. The number of rotatable bonds is 8. The predicted molar refractivity (Wildman–Crippen MR) is 113 cm³/mol. The lowest BCUT2D eigenvalue weighted by Gasteiger charge is -2.23. The van der Waals surface area contributed by atoms with E-state index in [4.69, 9.17) is 9.47 Å². The quantitative estimate of drug-likeness (QED) is 0.688. The monoisotopic (exact) mass is 396 g/mol. The fourth-order valence-electron chi connectivity index (χ4n) is 3.69. The van der Waals surface area contributed by atoms with Crippen molar-refractivity contribution < 1.29 is 19.1 Å². The molecule has 0 saturated carbocycles. The molecule has 0 saturated heterocycles. The molecule has 29 heavy (non-hydrogen) atoms. The average molecular weight is 396 g/mol. The van der Waals surface area contributed by atoms with Crippen LogP contribution >= 0.6 is 0 Å². The van der Waals surface area contributed by atoms with Crippen molar-refractivity contribution in [3.05, 3.63) is 53.6 Å². The van der Waals surface area contributed by atoms with E-state index in [1.54, 1.807) is 26.0 Å². The van der Waals surface area contributed by atoms with Crippen LogP contribution in [-0.2, 0) is 22.4 Å². The second-order valence-corrected chi connectivity index (χ2v) is 7.12. The average Bonchev–Trinajstić information content (AvgIpc) is 3.17. The van der Waals surface area contributed by atoms with Gasteiger partial charge in [-0.2, -0.15) is 0 Å². The molecule has 0 fully saturated rings. The number of para-hydroxylation sites is 1. The molecule has 0 radical (unpaired) electrons. The van der Waals surface area contributed by atoms with Gasteiger partial charge >= 0.3 is 0 Å². The van der Waals surface area contributed by atoms with E-state index in [1.165, 1.54) is 5.56 Å². The maximum absolute atomic E-state index is 12.7. The Labute approximate surface area is 172 Å². The summed E-state index contributed by atoms with van der Waals surface area (Å²) >= 11 is 0. The van der Waals surface area contributed by atoms with Crippen molar-refractivity contribution in [1.82, 2.24) is 4.90 Å². The van der Waals surface area contributed by atoms with Gasteiger partial charge in [-0.15, -0.1) is 0 Å². The van der Waals surface area contributed by atoms with E-state index >= 15 is 0 Å². The van der Waals surface area contributed by atoms with E-state index in [1.807, 2.05) is 41.3 Å². The molecule has 0 unspecified atom stereocenters. The van der Waals surface area contributed by atoms with Crippen LogP contribution in [-0.4, -0.2) is 50.6 Å². The zero-order chi connectivity index (χ0) is 20.8. The smallest absolute Gasteiger partial charge is 0.228 e. The fraction of sp³-hybridized carbons (Fsp3) is 0.391. The third-order valence-electron chi connectivity index (χ3n) is 5.35. The van der Waals surface area contributed by atoms with Gasteiger partial charge in [0.1, 0.15) is 0 Å². The summed E-state index contributed by atoms with van der Waals surface area (Å²) in [6.45, 7) is 3.23. The molecule has 154 valence electrons. The SMILES string of the molecule is COc1ccc(CCN(CCC(=O)N2CCc3ccccc32)C(C)=O)cc1OC. The van der Waals surface area contributed by atoms with E-state index in [0.717, 1.165) is 17.7 Å². The van der Waals surface area contributed by atoms with Crippen LogP contribution in [0.1, 0.15) is 24.5 Å². The summed E-state index contributed by atoms with van der Waals surface area (Å²) < 4.78 is 10.6. The van der Waals surface area contributed by atoms with Gasteiger partial charge in [0.05, 0.1) is 14.2 Å². The maximum Gasteiger partial charge on any atom is 0.228 e. The molecule has 0 spiro atoms. The van der Waals surface area contributed by atoms with Crippen LogP contribution in [0.3, 0.4) is 0 Å². The summed E-state index contributed by atoms with van der Waals surface area (Å²) in [5.74, 6) is 1.38. The highest BCUT2D eigenvalue weighted by atomic mass is 16.5. The lowest BCUT2D eigenvalue weighted by Crippen LogP contribution is -2.36. The number of amides is 2. The Morgan fingerprint density at radius 3 is 2.52 bits per heavy atom. The number of fused-ring (bicyclic) bond motifs is 1. The summed E-state index contributed by atoms with van der Waals surface area (Å²) in [7, 11) is 3.20. The standard InChI is InChI=1S/C23H28N2O4/c1-17(26)24(13-10-18-8-9-21(28-2)22(16-18)29-3)14-12-23(27)25-15-11-19-6-4-5-7-20(19)25/h4-9,16H,10-15H2,1-3H3. The Hall–Kier alpha value is -3.02. The first-order chi connectivity index (χ1) is 14.0. The number of carbonyl (C=O) groups is 2. The summed E-state index contributed by atoms with van der Waals surface area (Å²) in [5.41, 5.74) is 3.25. The van der Waals surface area contributed by atoms with Crippen molar-refractivity contribution in [2.75, 3.05) is 38.8 Å². The number of hydrogen-bond acceptors (Lipinski definition) is 4. The van der Waals surface area contributed by atoms with Crippen molar-refractivity contribution in [3.63, 3.8) is 0 Å². The lowest BCUT2D eigenvalue weighted by molar-refractivity contribution is -0.129. The molecule has 6 heteroatoms. The van der Waals surface area contributed by atoms with Crippen LogP contribution in [0.4, 0.5) is 5.69 Å². The third-order valence-corrected chi connectivity index (χ3v) is 5.35. The summed E-state index contributed by atoms with van der Waals surface area (Å²) in [4.78, 5) is 28.4. The van der Waals surface area contributed by atoms with E-state index in [2.05, 4.69) is 6.07 Å². The maximum atomic E-state index is 12.7. The molecular weight excluding hydrogens is 368 g/mol. The number of anilines is 1. The number of benzene rings is 2. The number of hydrogen-bond donors (Lipinski definition) is 0. The molecule has 2 amide bonds. The van der Waals surface area contributed by atoms with Gasteiger partial charge in [-0.3, -0.25) is 9.59 Å². The summed E-state index contributed by atoms with van der Waals surface area (Å²) in [6.07, 6.45) is 1.89. The van der Waals surface area contributed by atoms with Crippen molar-refractivity contribution in [2.45, 2.75) is 26.2 Å². The minimum absolute atomic E-state index is 0.0277. The highest BCUT2D eigenvalue weighted by Crippen LogP contribution is 2.29. The van der Waals surface area contributed by atoms with Crippen LogP contribution in [0.5, 0.6) is 11.5 Å². The molecule has 0 bridgehead atoms. The molecule has 0 aliphatic carbocycles. The van der Waals surface area contributed by atoms with Crippen LogP contribution in [0.25, 0.3) is 0 Å². The molecule has 6 nitrogen and oxygen atoms in total. The number of methoxy groups -OCH3 is 2. The summed E-state index contributed by atoms with van der Waals surface area (Å²) in [5, 5.41) is 0. The van der Waals surface area contributed by atoms with E-state index < -0.39 is 0 Å². The van der Waals surface area contributed by atoms with Crippen molar-refractivity contribution in [1.29, 1.82) is 0 Å². The van der Waals surface area contributed by atoms with E-state index in [-0.39, 0.29) is 11.8 Å². The van der Waals surface area contributed by atoms with Crippen molar-refractivity contribution in [3.8, 4) is 11.5 Å². The van der Waals surface area contributed by atoms with Gasteiger partial charge in [0.15, 0.2) is 11.5 Å². The highest BCUT2D eigenvalue weighted by Gasteiger charge is 2.24. The van der Waals surface area contributed by atoms with Gasteiger partial charge < -0.3 is 19.3 Å². The number of ether oxygens (including phenoxy) is 2. The van der Waals surface area contributed by atoms with E-state index in [0.29, 0.717) is 44.0 Å². The molecular formula is C23H28N2O4. The minimum atomic E-state index is -0.0277. The molecule has 2 aromatic rings. The molecule has 3 rings (SSSR count). The molecule has 2 aromatic carbocycles. The third kappa shape index (κ3) is 4.88. The topological polar surface area (TPSA) is 59.1 Å². The molecule has 0 N–H and O–H groups in total. The molecule has 1 aliphatic heterocycles. The van der Waals surface area contributed by atoms with Gasteiger partial charge in [-0.1, -0.05) is 24.3 Å². The predicted octanol–water partition coefficient (Wildman–Crippen LogP) is 3.07. The zero-order valence-electron chi connectivity index (χ0n) is 17.3. The van der Waals surface area contributed by atoms with Gasteiger partial charge in [-0.25, -0.2) is 0 Å². The number of carbonyl (C=O) groups excluding carboxylic acids is 2. The Balaban J connectivity index is 1.57. The molecule has 0 aromatic heterocycles. The van der Waals surface area contributed by atoms with Crippen LogP contribution < -0.4 is 14.4 Å².